The van der Waals surface area contributed by atoms with Crippen LogP contribution in [-0.2, 0) is 5.41 Å². The van der Waals surface area contributed by atoms with Crippen LogP contribution in [0.5, 0.6) is 23.0 Å². The van der Waals surface area contributed by atoms with Crippen molar-refractivity contribution in [3.8, 4) is 56.5 Å². The Morgan fingerprint density at radius 2 is 1.04 bits per heavy atom. The monoisotopic (exact) mass is 577 g/mol. The van der Waals surface area contributed by atoms with E-state index in [9.17, 15) is 0 Å². The first kappa shape index (κ1) is 25.6. The fraction of sp³-hybridized carbons (Fsp3) is 0.0238. The van der Waals surface area contributed by atoms with E-state index in [1.165, 1.54) is 27.8 Å². The quantitative estimate of drug-likeness (QED) is 0.208. The lowest BCUT2D eigenvalue weighted by Gasteiger charge is -2.34. The molecule has 1 aliphatic carbocycles. The Kier molecular flexibility index (Phi) is 5.72. The zero-order valence-corrected chi connectivity index (χ0v) is 24.4. The van der Waals surface area contributed by atoms with Crippen molar-refractivity contribution >= 4 is 0 Å². The molecule has 0 unspecified atom stereocenters. The lowest BCUT2D eigenvalue weighted by Crippen LogP contribution is -2.28. The zero-order valence-electron chi connectivity index (χ0n) is 24.4. The number of ether oxygens (including phenoxy) is 2. The Morgan fingerprint density at radius 3 is 1.82 bits per heavy atom. The summed E-state index contributed by atoms with van der Waals surface area (Å²) in [5.41, 5.74) is 10.9. The molecular formula is C42H27NO2. The number of hydrogen-bond donors (Lipinski definition) is 0. The van der Waals surface area contributed by atoms with Crippen LogP contribution in [0, 0.1) is 0 Å². The minimum atomic E-state index is -0.490. The van der Waals surface area contributed by atoms with E-state index in [2.05, 4.69) is 138 Å². The Hall–Kier alpha value is -5.93. The Bertz CT molecular complexity index is 2170. The van der Waals surface area contributed by atoms with Crippen LogP contribution in [0.15, 0.2) is 164 Å². The molecule has 0 saturated carbocycles. The van der Waals surface area contributed by atoms with E-state index in [1.54, 1.807) is 0 Å². The van der Waals surface area contributed by atoms with Crippen LogP contribution in [0.4, 0.5) is 0 Å². The van der Waals surface area contributed by atoms with E-state index in [4.69, 9.17) is 9.47 Å². The summed E-state index contributed by atoms with van der Waals surface area (Å²) >= 11 is 0. The summed E-state index contributed by atoms with van der Waals surface area (Å²) in [5.74, 6) is 2.84. The predicted molar refractivity (Wildman–Crippen MR) is 179 cm³/mol. The number of benzene rings is 6. The van der Waals surface area contributed by atoms with Crippen molar-refractivity contribution in [3.63, 3.8) is 0 Å². The van der Waals surface area contributed by atoms with E-state index >= 15 is 0 Å². The molecule has 0 amide bonds. The van der Waals surface area contributed by atoms with Crippen molar-refractivity contribution in [3.05, 3.63) is 186 Å². The molecule has 2 heterocycles. The Morgan fingerprint density at radius 1 is 0.400 bits per heavy atom. The maximum atomic E-state index is 6.64. The van der Waals surface area contributed by atoms with Crippen LogP contribution in [-0.4, -0.2) is 4.98 Å². The molecule has 1 aromatic heterocycles. The first-order valence-electron chi connectivity index (χ1n) is 15.2. The fourth-order valence-electron chi connectivity index (χ4n) is 7.09. The maximum absolute atomic E-state index is 6.64. The highest BCUT2D eigenvalue weighted by Crippen LogP contribution is 2.59. The van der Waals surface area contributed by atoms with Gasteiger partial charge in [0.05, 0.1) is 11.1 Å². The van der Waals surface area contributed by atoms with Gasteiger partial charge in [0.1, 0.15) is 0 Å². The van der Waals surface area contributed by atoms with Crippen LogP contribution in [0.3, 0.4) is 0 Å². The molecule has 7 aromatic rings. The van der Waals surface area contributed by atoms with E-state index < -0.39 is 5.41 Å². The smallest absolute Gasteiger partial charge is 0.170 e. The third-order valence-corrected chi connectivity index (χ3v) is 9.06. The van der Waals surface area contributed by atoms with Crippen LogP contribution in [0.25, 0.3) is 33.5 Å². The second kappa shape index (κ2) is 10.1. The van der Waals surface area contributed by atoms with Crippen molar-refractivity contribution in [1.29, 1.82) is 0 Å². The molecular weight excluding hydrogens is 550 g/mol. The van der Waals surface area contributed by atoms with Crippen LogP contribution < -0.4 is 9.47 Å². The van der Waals surface area contributed by atoms with Crippen LogP contribution >= 0.6 is 0 Å². The molecule has 6 aromatic carbocycles. The molecule has 0 saturated heterocycles. The molecule has 0 atom stereocenters. The second-order valence-electron chi connectivity index (χ2n) is 11.5. The van der Waals surface area contributed by atoms with Gasteiger partial charge in [0.2, 0.25) is 0 Å². The highest BCUT2D eigenvalue weighted by atomic mass is 16.6. The standard InChI is InChI=1S/C42H27NO2/c1-3-14-31(15-4-1)42(32-16-5-2-6-17-32)35-19-8-7-18-33(35)34-26-40-41(27-36(34)42)44-38-22-21-29(25-39(38)45-40)28-12-11-13-30(24-28)37-20-9-10-23-43-37/h1-27H. The third-order valence-electron chi connectivity index (χ3n) is 9.06. The summed E-state index contributed by atoms with van der Waals surface area (Å²) in [6.45, 7) is 0. The highest BCUT2D eigenvalue weighted by Gasteiger charge is 2.47. The number of aromatic nitrogens is 1. The molecule has 3 heteroatoms. The van der Waals surface area contributed by atoms with E-state index in [-0.39, 0.29) is 0 Å². The number of hydrogen-bond acceptors (Lipinski definition) is 3. The molecule has 0 fully saturated rings. The van der Waals surface area contributed by atoms with Crippen molar-refractivity contribution in [1.82, 2.24) is 4.98 Å². The van der Waals surface area contributed by atoms with Gasteiger partial charge in [0.15, 0.2) is 23.0 Å². The molecule has 2 aliphatic rings. The van der Waals surface area contributed by atoms with Gasteiger partial charge in [-0.1, -0.05) is 115 Å². The van der Waals surface area contributed by atoms with Crippen LogP contribution in [0.1, 0.15) is 22.3 Å². The normalized spacial score (nSPS) is 13.4. The van der Waals surface area contributed by atoms with Crippen LogP contribution in [0.2, 0.25) is 0 Å². The molecule has 0 bridgehead atoms. The zero-order chi connectivity index (χ0) is 29.8. The summed E-state index contributed by atoms with van der Waals surface area (Å²) in [4.78, 5) is 4.53. The Labute approximate surface area is 262 Å². The summed E-state index contributed by atoms with van der Waals surface area (Å²) in [7, 11) is 0. The second-order valence-corrected chi connectivity index (χ2v) is 11.5. The average molecular weight is 578 g/mol. The third kappa shape index (κ3) is 3.94. The number of rotatable bonds is 4. The van der Waals surface area contributed by atoms with E-state index in [0.29, 0.717) is 17.2 Å². The van der Waals surface area contributed by atoms with Gasteiger partial charge in [-0.15, -0.1) is 0 Å². The SMILES string of the molecule is c1ccc(C2(c3ccccc3)c3ccccc3-c3cc4c(cc32)Oc2ccc(-c3cccc(-c5ccccn5)c3)cc2O4)cc1. The maximum Gasteiger partial charge on any atom is 0.170 e. The van der Waals surface area contributed by atoms with E-state index in [1.807, 2.05) is 30.5 Å². The van der Waals surface area contributed by atoms with Crippen molar-refractivity contribution in [2.75, 3.05) is 0 Å². The number of fused-ring (bicyclic) bond motifs is 5. The minimum Gasteiger partial charge on any atom is -0.450 e. The lowest BCUT2D eigenvalue weighted by molar-refractivity contribution is 0.359. The summed E-state index contributed by atoms with van der Waals surface area (Å²) in [6, 6.07) is 55.2. The number of nitrogens with zero attached hydrogens (tertiary/aromatic N) is 1. The highest BCUT2D eigenvalue weighted by molar-refractivity contribution is 5.88. The topological polar surface area (TPSA) is 31.4 Å². The lowest BCUT2D eigenvalue weighted by atomic mass is 9.67. The van der Waals surface area contributed by atoms with Crippen molar-refractivity contribution in [2.45, 2.75) is 5.41 Å². The molecule has 9 rings (SSSR count). The van der Waals surface area contributed by atoms with Gasteiger partial charge in [-0.25, -0.2) is 0 Å². The van der Waals surface area contributed by atoms with Gasteiger partial charge in [0, 0.05) is 11.8 Å². The Balaban J connectivity index is 1.17. The molecule has 0 spiro atoms. The predicted octanol–water partition coefficient (Wildman–Crippen LogP) is 10.7. The number of pyridine rings is 1. The van der Waals surface area contributed by atoms with Crippen molar-refractivity contribution < 1.29 is 9.47 Å². The first-order valence-corrected chi connectivity index (χ1v) is 15.2. The largest absolute Gasteiger partial charge is 0.450 e. The van der Waals surface area contributed by atoms with Gasteiger partial charge in [-0.2, -0.15) is 0 Å². The first-order chi connectivity index (χ1) is 22.3. The van der Waals surface area contributed by atoms with E-state index in [0.717, 1.165) is 33.7 Å². The summed E-state index contributed by atoms with van der Waals surface area (Å²) < 4.78 is 13.3. The molecule has 3 nitrogen and oxygen atoms in total. The van der Waals surface area contributed by atoms with Gasteiger partial charge < -0.3 is 9.47 Å². The molecule has 0 radical (unpaired) electrons. The molecule has 0 N–H and O–H groups in total. The van der Waals surface area contributed by atoms with Gasteiger partial charge in [-0.3, -0.25) is 4.98 Å². The summed E-state index contributed by atoms with van der Waals surface area (Å²) in [5, 5.41) is 0. The van der Waals surface area contributed by atoms with Gasteiger partial charge in [0.25, 0.3) is 0 Å². The molecule has 212 valence electrons. The minimum absolute atomic E-state index is 0.490. The van der Waals surface area contributed by atoms with Gasteiger partial charge in [-0.05, 0) is 87.0 Å². The fourth-order valence-corrected chi connectivity index (χ4v) is 7.09. The summed E-state index contributed by atoms with van der Waals surface area (Å²) in [6.07, 6.45) is 1.82. The van der Waals surface area contributed by atoms with Gasteiger partial charge >= 0.3 is 0 Å². The van der Waals surface area contributed by atoms with Crippen molar-refractivity contribution in [2.24, 2.45) is 0 Å². The molecule has 45 heavy (non-hydrogen) atoms. The average Bonchev–Trinajstić information content (AvgIpc) is 3.40. The molecule has 1 aliphatic heterocycles.